The fourth-order valence-electron chi connectivity index (χ4n) is 2.78. The van der Waals surface area contributed by atoms with Crippen molar-refractivity contribution in [2.24, 2.45) is 5.92 Å². The van der Waals surface area contributed by atoms with Crippen molar-refractivity contribution in [3.05, 3.63) is 34.6 Å². The summed E-state index contributed by atoms with van der Waals surface area (Å²) in [7, 11) is 0. The molecule has 4 heteroatoms. The molecule has 2 fully saturated rings. The monoisotopic (exact) mass is 268 g/mol. The molecular weight excluding hydrogens is 251 g/mol. The van der Waals surface area contributed by atoms with Gasteiger partial charge in [0.15, 0.2) is 0 Å². The minimum Gasteiger partial charge on any atom is -0.314 e. The molecule has 98 valence electrons. The molecule has 3 rings (SSSR count). The van der Waals surface area contributed by atoms with Crippen LogP contribution in [0.15, 0.2) is 18.2 Å². The molecule has 18 heavy (non-hydrogen) atoms. The maximum absolute atomic E-state index is 13.8. The molecule has 1 saturated heterocycles. The number of hydrogen-bond acceptors (Lipinski definition) is 2. The molecule has 1 aromatic carbocycles. The van der Waals surface area contributed by atoms with Crippen LogP contribution in [0.1, 0.15) is 18.4 Å². The van der Waals surface area contributed by atoms with E-state index >= 15 is 0 Å². The molecule has 0 bridgehead atoms. The van der Waals surface area contributed by atoms with E-state index in [4.69, 9.17) is 11.6 Å². The minimum absolute atomic E-state index is 0.185. The Kier molecular flexibility index (Phi) is 3.55. The first-order chi connectivity index (χ1) is 8.74. The highest BCUT2D eigenvalue weighted by atomic mass is 35.5. The van der Waals surface area contributed by atoms with E-state index in [9.17, 15) is 4.39 Å². The molecule has 1 aromatic rings. The quantitative estimate of drug-likeness (QED) is 0.907. The number of piperazine rings is 1. The summed E-state index contributed by atoms with van der Waals surface area (Å²) in [6.07, 6.45) is 2.65. The van der Waals surface area contributed by atoms with Crippen molar-refractivity contribution in [3.8, 4) is 0 Å². The van der Waals surface area contributed by atoms with E-state index in [1.165, 1.54) is 18.9 Å². The summed E-state index contributed by atoms with van der Waals surface area (Å²) in [5.41, 5.74) is 0.756. The molecule has 1 heterocycles. The predicted molar refractivity (Wildman–Crippen MR) is 71.2 cm³/mol. The van der Waals surface area contributed by atoms with Gasteiger partial charge in [0.2, 0.25) is 0 Å². The third-order valence-electron chi connectivity index (χ3n) is 3.95. The van der Waals surface area contributed by atoms with Gasteiger partial charge < -0.3 is 5.32 Å². The smallest absolute Gasteiger partial charge is 0.129 e. The van der Waals surface area contributed by atoms with E-state index in [2.05, 4.69) is 10.2 Å². The molecule has 2 aliphatic rings. The SMILES string of the molecule is Fc1cc(Cl)ccc1CN1CCNCC1C1CC1. The fourth-order valence-corrected chi connectivity index (χ4v) is 2.94. The summed E-state index contributed by atoms with van der Waals surface area (Å²) >= 11 is 5.79. The van der Waals surface area contributed by atoms with Crippen molar-refractivity contribution in [2.75, 3.05) is 19.6 Å². The fraction of sp³-hybridized carbons (Fsp3) is 0.571. The average Bonchev–Trinajstić information content (AvgIpc) is 3.17. The van der Waals surface area contributed by atoms with Crippen molar-refractivity contribution < 1.29 is 4.39 Å². The number of rotatable bonds is 3. The number of nitrogens with one attached hydrogen (secondary N) is 1. The molecule has 2 nitrogen and oxygen atoms in total. The second kappa shape index (κ2) is 5.16. The zero-order chi connectivity index (χ0) is 12.5. The van der Waals surface area contributed by atoms with E-state index in [0.29, 0.717) is 17.6 Å². The van der Waals surface area contributed by atoms with E-state index in [1.807, 2.05) is 6.07 Å². The van der Waals surface area contributed by atoms with E-state index in [0.717, 1.165) is 31.1 Å². The zero-order valence-corrected chi connectivity index (χ0v) is 11.1. The van der Waals surface area contributed by atoms with Crippen LogP contribution in [0.3, 0.4) is 0 Å². The Hall–Kier alpha value is -0.640. The van der Waals surface area contributed by atoms with E-state index < -0.39 is 0 Å². The lowest BCUT2D eigenvalue weighted by molar-refractivity contribution is 0.134. The van der Waals surface area contributed by atoms with Crippen LogP contribution in [0.25, 0.3) is 0 Å². The Morgan fingerprint density at radius 3 is 2.94 bits per heavy atom. The van der Waals surface area contributed by atoms with Gasteiger partial charge in [-0.15, -0.1) is 0 Å². The van der Waals surface area contributed by atoms with Crippen LogP contribution < -0.4 is 5.32 Å². The number of nitrogens with zero attached hydrogens (tertiary/aromatic N) is 1. The highest BCUT2D eigenvalue weighted by molar-refractivity contribution is 6.30. The van der Waals surface area contributed by atoms with Gasteiger partial charge in [-0.05, 0) is 30.9 Å². The van der Waals surface area contributed by atoms with Crippen molar-refractivity contribution >= 4 is 11.6 Å². The number of benzene rings is 1. The van der Waals surface area contributed by atoms with Gasteiger partial charge in [-0.3, -0.25) is 4.90 Å². The van der Waals surface area contributed by atoms with Gasteiger partial charge in [0, 0.05) is 42.8 Å². The standard InChI is InChI=1S/C14H18ClFN2/c15-12-4-3-11(13(16)7-12)9-18-6-5-17-8-14(18)10-1-2-10/h3-4,7,10,14,17H,1-2,5-6,8-9H2. The summed E-state index contributed by atoms with van der Waals surface area (Å²) in [4.78, 5) is 2.42. The van der Waals surface area contributed by atoms with Gasteiger partial charge in [0.25, 0.3) is 0 Å². The Balaban J connectivity index is 1.73. The predicted octanol–water partition coefficient (Wildman–Crippen LogP) is 2.66. The lowest BCUT2D eigenvalue weighted by Gasteiger charge is -2.36. The maximum atomic E-state index is 13.8. The van der Waals surface area contributed by atoms with Gasteiger partial charge in [0.05, 0.1) is 0 Å². The largest absolute Gasteiger partial charge is 0.314 e. The summed E-state index contributed by atoms with van der Waals surface area (Å²) in [6, 6.07) is 5.57. The van der Waals surface area contributed by atoms with Gasteiger partial charge in [-0.1, -0.05) is 17.7 Å². The minimum atomic E-state index is -0.185. The van der Waals surface area contributed by atoms with Gasteiger partial charge in [-0.2, -0.15) is 0 Å². The van der Waals surface area contributed by atoms with Crippen LogP contribution in [-0.2, 0) is 6.54 Å². The number of hydrogen-bond donors (Lipinski definition) is 1. The molecule has 1 aliphatic carbocycles. The Morgan fingerprint density at radius 2 is 2.22 bits per heavy atom. The highest BCUT2D eigenvalue weighted by Crippen LogP contribution is 2.36. The van der Waals surface area contributed by atoms with E-state index in [-0.39, 0.29) is 5.82 Å². The first kappa shape index (κ1) is 12.4. The third kappa shape index (κ3) is 2.68. The molecule has 0 spiro atoms. The molecule has 0 amide bonds. The first-order valence-electron chi connectivity index (χ1n) is 6.63. The van der Waals surface area contributed by atoms with Gasteiger partial charge in [-0.25, -0.2) is 4.39 Å². The van der Waals surface area contributed by atoms with Crippen molar-refractivity contribution in [3.63, 3.8) is 0 Å². The van der Waals surface area contributed by atoms with Gasteiger partial charge >= 0.3 is 0 Å². The lowest BCUT2D eigenvalue weighted by atomic mass is 10.1. The van der Waals surface area contributed by atoms with Crippen molar-refractivity contribution in [1.29, 1.82) is 0 Å². The molecule has 1 saturated carbocycles. The van der Waals surface area contributed by atoms with Gasteiger partial charge in [0.1, 0.15) is 5.82 Å². The molecule has 1 atom stereocenters. The molecule has 1 N–H and O–H groups in total. The van der Waals surface area contributed by atoms with Crippen LogP contribution >= 0.6 is 11.6 Å². The van der Waals surface area contributed by atoms with Crippen LogP contribution in [0, 0.1) is 11.7 Å². The molecule has 0 aromatic heterocycles. The van der Waals surface area contributed by atoms with E-state index in [1.54, 1.807) is 6.07 Å². The van der Waals surface area contributed by atoms with Crippen LogP contribution in [-0.4, -0.2) is 30.6 Å². The molecule has 1 unspecified atom stereocenters. The average molecular weight is 269 g/mol. The topological polar surface area (TPSA) is 15.3 Å². The highest BCUT2D eigenvalue weighted by Gasteiger charge is 2.36. The second-order valence-electron chi connectivity index (χ2n) is 5.32. The number of halogens is 2. The van der Waals surface area contributed by atoms with Crippen molar-refractivity contribution in [1.82, 2.24) is 10.2 Å². The Morgan fingerprint density at radius 1 is 1.39 bits per heavy atom. The van der Waals surface area contributed by atoms with Crippen molar-refractivity contribution in [2.45, 2.75) is 25.4 Å². The zero-order valence-electron chi connectivity index (χ0n) is 10.3. The summed E-state index contributed by atoms with van der Waals surface area (Å²) in [5.74, 6) is 0.628. The first-order valence-corrected chi connectivity index (χ1v) is 7.00. The lowest BCUT2D eigenvalue weighted by Crippen LogP contribution is -2.51. The molecular formula is C14H18ClFN2. The summed E-state index contributed by atoms with van der Waals surface area (Å²) in [5, 5.41) is 3.91. The molecule has 0 radical (unpaired) electrons. The Bertz CT molecular complexity index is 434. The summed E-state index contributed by atoms with van der Waals surface area (Å²) < 4.78 is 13.8. The van der Waals surface area contributed by atoms with Crippen LogP contribution in [0.4, 0.5) is 4.39 Å². The summed E-state index contributed by atoms with van der Waals surface area (Å²) in [6.45, 7) is 3.74. The van der Waals surface area contributed by atoms with Crippen LogP contribution in [0.5, 0.6) is 0 Å². The molecule has 1 aliphatic heterocycles. The Labute approximate surface area is 112 Å². The third-order valence-corrected chi connectivity index (χ3v) is 4.19. The second-order valence-corrected chi connectivity index (χ2v) is 5.75. The van der Waals surface area contributed by atoms with Crippen LogP contribution in [0.2, 0.25) is 5.02 Å². The maximum Gasteiger partial charge on any atom is 0.129 e. The normalized spacial score (nSPS) is 25.3.